The lowest BCUT2D eigenvalue weighted by molar-refractivity contribution is -0.169. The minimum Gasteiger partial charge on any atom is -0.480 e. The van der Waals surface area contributed by atoms with Crippen LogP contribution in [-0.4, -0.2) is 35.0 Å². The zero-order valence-electron chi connectivity index (χ0n) is 9.04. The Labute approximate surface area is 99.6 Å². The predicted molar refractivity (Wildman–Crippen MR) is 53.3 cm³/mol. The largest absolute Gasteiger partial charge is 0.480 e. The average Bonchev–Trinajstić information content (AvgIpc) is 2.18. The number of hydrogen-bond donors (Lipinski definition) is 1. The summed E-state index contributed by atoms with van der Waals surface area (Å²) in [5.41, 5.74) is -0.320. The highest BCUT2D eigenvalue weighted by atomic mass is 19.3. The molecule has 18 heavy (non-hydrogen) atoms. The molecule has 1 aromatic carbocycles. The highest BCUT2D eigenvalue weighted by Gasteiger charge is 2.49. The second-order valence-corrected chi connectivity index (χ2v) is 4.17. The van der Waals surface area contributed by atoms with E-state index in [-0.39, 0.29) is 5.56 Å². The number of nitrogens with zero attached hydrogens (tertiary/aromatic N) is 1. The third-order valence-corrected chi connectivity index (χ3v) is 2.72. The molecule has 98 valence electrons. The van der Waals surface area contributed by atoms with Gasteiger partial charge in [-0.2, -0.15) is 0 Å². The molecule has 0 bridgehead atoms. The summed E-state index contributed by atoms with van der Waals surface area (Å²) in [6, 6.07) is 0.861. The number of alkyl halides is 2. The SMILES string of the molecule is O=C(O)C(c1ccc(F)cc1F)N1CC(F)(F)C1. The van der Waals surface area contributed by atoms with Crippen molar-refractivity contribution in [1.82, 2.24) is 4.90 Å². The van der Waals surface area contributed by atoms with Crippen LogP contribution in [0.4, 0.5) is 17.6 Å². The van der Waals surface area contributed by atoms with E-state index in [1.165, 1.54) is 0 Å². The molecule has 1 unspecified atom stereocenters. The van der Waals surface area contributed by atoms with Crippen LogP contribution >= 0.6 is 0 Å². The molecule has 1 saturated heterocycles. The Morgan fingerprint density at radius 2 is 1.94 bits per heavy atom. The first-order valence-corrected chi connectivity index (χ1v) is 5.10. The molecule has 1 N–H and O–H groups in total. The molecule has 1 atom stereocenters. The third-order valence-electron chi connectivity index (χ3n) is 2.72. The van der Waals surface area contributed by atoms with Crippen LogP contribution in [0.2, 0.25) is 0 Å². The molecule has 0 amide bonds. The van der Waals surface area contributed by atoms with E-state index in [1.807, 2.05) is 0 Å². The van der Waals surface area contributed by atoms with Crippen LogP contribution in [0.3, 0.4) is 0 Å². The van der Waals surface area contributed by atoms with Crippen molar-refractivity contribution in [3.05, 3.63) is 35.4 Å². The van der Waals surface area contributed by atoms with Gasteiger partial charge in [0.05, 0.1) is 13.1 Å². The molecule has 0 spiro atoms. The summed E-state index contributed by atoms with van der Waals surface area (Å²) < 4.78 is 51.6. The first-order valence-electron chi connectivity index (χ1n) is 5.10. The van der Waals surface area contributed by atoms with Gasteiger partial charge in [-0.05, 0) is 6.07 Å². The molecule has 1 aliphatic heterocycles. The van der Waals surface area contributed by atoms with Gasteiger partial charge in [0.15, 0.2) is 0 Å². The molecular formula is C11H9F4NO2. The molecule has 3 nitrogen and oxygen atoms in total. The van der Waals surface area contributed by atoms with E-state index in [0.717, 1.165) is 17.0 Å². The fourth-order valence-corrected chi connectivity index (χ4v) is 1.94. The van der Waals surface area contributed by atoms with E-state index in [9.17, 15) is 22.4 Å². The van der Waals surface area contributed by atoms with Gasteiger partial charge in [0, 0.05) is 11.6 Å². The first kappa shape index (κ1) is 12.8. The Morgan fingerprint density at radius 1 is 1.33 bits per heavy atom. The number of rotatable bonds is 3. The fourth-order valence-electron chi connectivity index (χ4n) is 1.94. The maximum atomic E-state index is 13.5. The number of likely N-dealkylation sites (tertiary alicyclic amines) is 1. The van der Waals surface area contributed by atoms with Gasteiger partial charge in [-0.3, -0.25) is 9.69 Å². The topological polar surface area (TPSA) is 40.5 Å². The molecule has 2 rings (SSSR count). The Morgan fingerprint density at radius 3 is 2.39 bits per heavy atom. The molecular weight excluding hydrogens is 254 g/mol. The Kier molecular flexibility index (Phi) is 3.02. The minimum absolute atomic E-state index is 0.320. The maximum absolute atomic E-state index is 13.5. The highest BCUT2D eigenvalue weighted by Crippen LogP contribution is 2.35. The fraction of sp³-hybridized carbons (Fsp3) is 0.364. The van der Waals surface area contributed by atoms with Crippen molar-refractivity contribution in [2.24, 2.45) is 0 Å². The quantitative estimate of drug-likeness (QED) is 0.848. The summed E-state index contributed by atoms with van der Waals surface area (Å²) in [6.45, 7) is -1.50. The predicted octanol–water partition coefficient (Wildman–Crippen LogP) is 2.04. The van der Waals surface area contributed by atoms with Gasteiger partial charge < -0.3 is 5.11 Å². The molecule has 1 aromatic rings. The number of benzene rings is 1. The molecule has 0 radical (unpaired) electrons. The second kappa shape index (κ2) is 4.24. The van der Waals surface area contributed by atoms with Crippen LogP contribution < -0.4 is 0 Å². The van der Waals surface area contributed by atoms with Crippen molar-refractivity contribution >= 4 is 5.97 Å². The van der Waals surface area contributed by atoms with Crippen molar-refractivity contribution in [3.63, 3.8) is 0 Å². The summed E-state index contributed by atoms with van der Waals surface area (Å²) in [7, 11) is 0. The minimum atomic E-state index is -2.95. The van der Waals surface area contributed by atoms with Gasteiger partial charge >= 0.3 is 5.97 Å². The van der Waals surface area contributed by atoms with Crippen molar-refractivity contribution < 1.29 is 27.5 Å². The van der Waals surface area contributed by atoms with Crippen LogP contribution in [-0.2, 0) is 4.79 Å². The monoisotopic (exact) mass is 263 g/mol. The lowest BCUT2D eigenvalue weighted by Crippen LogP contribution is -2.58. The lowest BCUT2D eigenvalue weighted by Gasteiger charge is -2.42. The molecule has 7 heteroatoms. The number of halogens is 4. The van der Waals surface area contributed by atoms with Crippen LogP contribution in [0.15, 0.2) is 18.2 Å². The summed E-state index contributed by atoms with van der Waals surface area (Å²) in [6.07, 6.45) is 0. The van der Waals surface area contributed by atoms with Gasteiger partial charge in [-0.25, -0.2) is 17.6 Å². The normalized spacial score (nSPS) is 20.2. The number of carboxylic acids is 1. The van der Waals surface area contributed by atoms with E-state index in [1.54, 1.807) is 0 Å². The second-order valence-electron chi connectivity index (χ2n) is 4.17. The van der Waals surface area contributed by atoms with Crippen LogP contribution in [0.25, 0.3) is 0 Å². The van der Waals surface area contributed by atoms with Crippen LogP contribution in [0.1, 0.15) is 11.6 Å². The number of aliphatic carboxylic acids is 1. The first-order chi connectivity index (χ1) is 8.30. The number of hydrogen-bond acceptors (Lipinski definition) is 2. The molecule has 1 heterocycles. The van der Waals surface area contributed by atoms with Crippen molar-refractivity contribution in [2.75, 3.05) is 13.1 Å². The zero-order chi connectivity index (χ0) is 13.5. The van der Waals surface area contributed by atoms with Crippen LogP contribution in [0, 0.1) is 11.6 Å². The highest BCUT2D eigenvalue weighted by molar-refractivity contribution is 5.75. The van der Waals surface area contributed by atoms with Gasteiger partial charge in [0.1, 0.15) is 17.7 Å². The van der Waals surface area contributed by atoms with Gasteiger partial charge in [-0.1, -0.05) is 6.07 Å². The summed E-state index contributed by atoms with van der Waals surface area (Å²) >= 11 is 0. The molecule has 1 fully saturated rings. The van der Waals surface area contributed by atoms with E-state index >= 15 is 0 Å². The van der Waals surface area contributed by atoms with Gasteiger partial charge in [0.2, 0.25) is 0 Å². The van der Waals surface area contributed by atoms with Crippen molar-refractivity contribution in [1.29, 1.82) is 0 Å². The van der Waals surface area contributed by atoms with E-state index in [2.05, 4.69) is 0 Å². The van der Waals surface area contributed by atoms with Gasteiger partial charge in [-0.15, -0.1) is 0 Å². The zero-order valence-corrected chi connectivity index (χ0v) is 9.04. The van der Waals surface area contributed by atoms with Gasteiger partial charge in [0.25, 0.3) is 5.92 Å². The average molecular weight is 263 g/mol. The van der Waals surface area contributed by atoms with E-state index in [0.29, 0.717) is 6.07 Å². The van der Waals surface area contributed by atoms with Crippen LogP contribution in [0.5, 0.6) is 0 Å². The molecule has 1 aliphatic rings. The van der Waals surface area contributed by atoms with Crippen molar-refractivity contribution in [3.8, 4) is 0 Å². The number of carboxylic acid groups (broad SMARTS) is 1. The van der Waals surface area contributed by atoms with E-state index in [4.69, 9.17) is 5.11 Å². The molecule has 0 aromatic heterocycles. The third kappa shape index (κ3) is 2.31. The summed E-state index contributed by atoms with van der Waals surface area (Å²) in [4.78, 5) is 12.0. The number of carbonyl (C=O) groups is 1. The Balaban J connectivity index is 2.29. The summed E-state index contributed by atoms with van der Waals surface area (Å²) in [5.74, 6) is -6.31. The van der Waals surface area contributed by atoms with Crippen molar-refractivity contribution in [2.45, 2.75) is 12.0 Å². The Bertz CT molecular complexity index is 484. The lowest BCUT2D eigenvalue weighted by atomic mass is 9.99. The molecule has 0 saturated carbocycles. The smallest absolute Gasteiger partial charge is 0.325 e. The Hall–Kier alpha value is -1.63. The van der Waals surface area contributed by atoms with E-state index < -0.39 is 42.7 Å². The molecule has 0 aliphatic carbocycles. The summed E-state index contributed by atoms with van der Waals surface area (Å²) in [5, 5.41) is 8.98. The maximum Gasteiger partial charge on any atom is 0.325 e. The standard InChI is InChI=1S/C11H9F4NO2/c12-6-1-2-7(8(13)3-6)9(10(17)18)16-4-11(14,15)5-16/h1-3,9H,4-5H2,(H,17,18).